The van der Waals surface area contributed by atoms with Crippen LogP contribution >= 0.6 is 0 Å². The van der Waals surface area contributed by atoms with Crippen LogP contribution < -0.4 is 0 Å². The van der Waals surface area contributed by atoms with Crippen LogP contribution in [0.4, 0.5) is 0 Å². The van der Waals surface area contributed by atoms with Crippen molar-refractivity contribution in [2.75, 3.05) is 6.61 Å². The van der Waals surface area contributed by atoms with Gasteiger partial charge < -0.3 is 9.26 Å². The maximum atomic E-state index is 5.58. The van der Waals surface area contributed by atoms with Crippen molar-refractivity contribution < 1.29 is 9.26 Å². The van der Waals surface area contributed by atoms with Crippen LogP contribution in [-0.4, -0.2) is 33.0 Å². The highest BCUT2D eigenvalue weighted by Gasteiger charge is 2.31. The second-order valence-corrected chi connectivity index (χ2v) is 6.19. The highest BCUT2D eigenvalue weighted by atomic mass is 16.5. The summed E-state index contributed by atoms with van der Waals surface area (Å²) < 4.78 is 11.0. The van der Waals surface area contributed by atoms with Gasteiger partial charge in [-0.2, -0.15) is 10.1 Å². The lowest BCUT2D eigenvalue weighted by Gasteiger charge is -2.33. The highest BCUT2D eigenvalue weighted by molar-refractivity contribution is 5.78. The largest absolute Gasteiger partial charge is 0.378 e. The average molecular weight is 312 g/mol. The van der Waals surface area contributed by atoms with Gasteiger partial charge in [0.15, 0.2) is 5.82 Å². The third-order valence-corrected chi connectivity index (χ3v) is 4.44. The van der Waals surface area contributed by atoms with Gasteiger partial charge in [-0.05, 0) is 37.3 Å². The molecular formula is C17H20N4O2. The normalized spacial score (nSPS) is 20.7. The Balaban J connectivity index is 1.36. The van der Waals surface area contributed by atoms with Crippen LogP contribution in [0.1, 0.15) is 37.0 Å². The van der Waals surface area contributed by atoms with Crippen molar-refractivity contribution in [3.8, 4) is 0 Å². The van der Waals surface area contributed by atoms with E-state index in [0.29, 0.717) is 18.4 Å². The maximum absolute atomic E-state index is 5.58. The zero-order chi connectivity index (χ0) is 15.6. The summed E-state index contributed by atoms with van der Waals surface area (Å²) in [6.45, 7) is 2.83. The molecule has 1 N–H and O–H groups in total. The molecule has 0 amide bonds. The fourth-order valence-electron chi connectivity index (χ4n) is 3.18. The molecule has 6 heteroatoms. The van der Waals surface area contributed by atoms with E-state index in [1.54, 1.807) is 0 Å². The molecule has 0 bridgehead atoms. The Hall–Kier alpha value is -2.21. The van der Waals surface area contributed by atoms with Gasteiger partial charge in [0.05, 0.1) is 17.8 Å². The van der Waals surface area contributed by atoms with Crippen LogP contribution in [0.15, 0.2) is 28.9 Å². The number of rotatable bonds is 6. The summed E-state index contributed by atoms with van der Waals surface area (Å²) in [5.74, 6) is 2.09. The molecule has 1 aliphatic rings. The third kappa shape index (κ3) is 3.12. The molecule has 0 radical (unpaired) electrons. The second-order valence-electron chi connectivity index (χ2n) is 6.19. The molecule has 2 aromatic heterocycles. The number of hydrogen-bond donors (Lipinski definition) is 1. The van der Waals surface area contributed by atoms with Crippen molar-refractivity contribution in [2.24, 2.45) is 5.92 Å². The minimum absolute atomic E-state index is 0.425. The fraction of sp³-hybridized carbons (Fsp3) is 0.471. The van der Waals surface area contributed by atoms with Crippen LogP contribution in [0.2, 0.25) is 0 Å². The SMILES string of the molecule is CCOC1CC(Cc2nc(Cc3ccc4cn[nH]c4c3)no2)C1. The lowest BCUT2D eigenvalue weighted by atomic mass is 9.80. The molecule has 0 unspecified atom stereocenters. The monoisotopic (exact) mass is 312 g/mol. The Labute approximate surface area is 134 Å². The molecule has 3 aromatic rings. The molecule has 1 fully saturated rings. The average Bonchev–Trinajstić information content (AvgIpc) is 3.14. The molecule has 23 heavy (non-hydrogen) atoms. The molecule has 1 saturated carbocycles. The van der Waals surface area contributed by atoms with Crippen molar-refractivity contribution in [3.63, 3.8) is 0 Å². The van der Waals surface area contributed by atoms with E-state index in [2.05, 4.69) is 38.5 Å². The van der Waals surface area contributed by atoms with Crippen molar-refractivity contribution in [1.29, 1.82) is 0 Å². The first-order valence-corrected chi connectivity index (χ1v) is 8.15. The van der Waals surface area contributed by atoms with Crippen LogP contribution in [0.25, 0.3) is 10.9 Å². The lowest BCUT2D eigenvalue weighted by Crippen LogP contribution is -2.32. The summed E-state index contributed by atoms with van der Waals surface area (Å²) in [5, 5.41) is 12.2. The zero-order valence-corrected chi connectivity index (χ0v) is 13.2. The highest BCUT2D eigenvalue weighted by Crippen LogP contribution is 2.32. The summed E-state index contributed by atoms with van der Waals surface area (Å²) in [7, 11) is 0. The number of nitrogens with zero attached hydrogens (tertiary/aromatic N) is 3. The number of aromatic nitrogens is 4. The molecule has 120 valence electrons. The summed E-state index contributed by atoms with van der Waals surface area (Å²) in [5.41, 5.74) is 2.18. The van der Waals surface area contributed by atoms with Crippen LogP contribution in [0.5, 0.6) is 0 Å². The molecule has 0 spiro atoms. The van der Waals surface area contributed by atoms with Gasteiger partial charge in [-0.3, -0.25) is 5.10 Å². The molecule has 0 atom stereocenters. The van der Waals surface area contributed by atoms with E-state index in [-0.39, 0.29) is 0 Å². The van der Waals surface area contributed by atoms with E-state index in [9.17, 15) is 0 Å². The second kappa shape index (κ2) is 6.12. The minimum Gasteiger partial charge on any atom is -0.378 e. The first kappa shape index (κ1) is 14.4. The fourth-order valence-corrected chi connectivity index (χ4v) is 3.18. The number of nitrogens with one attached hydrogen (secondary N) is 1. The van der Waals surface area contributed by atoms with Crippen molar-refractivity contribution in [2.45, 2.75) is 38.7 Å². The first-order valence-electron chi connectivity index (χ1n) is 8.15. The van der Waals surface area contributed by atoms with Crippen LogP contribution in [0.3, 0.4) is 0 Å². The quantitative estimate of drug-likeness (QED) is 0.757. The van der Waals surface area contributed by atoms with E-state index < -0.39 is 0 Å². The van der Waals surface area contributed by atoms with Gasteiger partial charge in [-0.25, -0.2) is 0 Å². The Morgan fingerprint density at radius 1 is 1.35 bits per heavy atom. The van der Waals surface area contributed by atoms with Gasteiger partial charge in [0.25, 0.3) is 0 Å². The predicted molar refractivity (Wildman–Crippen MR) is 85.0 cm³/mol. The Morgan fingerprint density at radius 3 is 3.13 bits per heavy atom. The van der Waals surface area contributed by atoms with Gasteiger partial charge >= 0.3 is 0 Å². The number of hydrogen-bond acceptors (Lipinski definition) is 5. The molecule has 6 nitrogen and oxygen atoms in total. The van der Waals surface area contributed by atoms with E-state index >= 15 is 0 Å². The van der Waals surface area contributed by atoms with Gasteiger partial charge in [0.2, 0.25) is 5.89 Å². The maximum Gasteiger partial charge on any atom is 0.226 e. The number of benzene rings is 1. The Bertz CT molecular complexity index is 789. The first-order chi connectivity index (χ1) is 11.3. The number of H-pyrrole nitrogens is 1. The zero-order valence-electron chi connectivity index (χ0n) is 13.2. The van der Waals surface area contributed by atoms with Gasteiger partial charge in [-0.15, -0.1) is 0 Å². The molecule has 1 aromatic carbocycles. The summed E-state index contributed by atoms with van der Waals surface area (Å²) >= 11 is 0. The van der Waals surface area contributed by atoms with Gasteiger partial charge in [0.1, 0.15) is 0 Å². The number of aromatic amines is 1. The molecule has 0 saturated heterocycles. The van der Waals surface area contributed by atoms with Crippen molar-refractivity contribution in [1.82, 2.24) is 20.3 Å². The molecule has 1 aliphatic carbocycles. The van der Waals surface area contributed by atoms with Crippen molar-refractivity contribution >= 4 is 10.9 Å². The van der Waals surface area contributed by atoms with E-state index in [0.717, 1.165) is 54.1 Å². The van der Waals surface area contributed by atoms with Crippen LogP contribution in [-0.2, 0) is 17.6 Å². The van der Waals surface area contributed by atoms with E-state index in [1.165, 1.54) is 0 Å². The van der Waals surface area contributed by atoms with Gasteiger partial charge in [0, 0.05) is 24.8 Å². The van der Waals surface area contributed by atoms with Crippen LogP contribution in [0, 0.1) is 5.92 Å². The third-order valence-electron chi connectivity index (χ3n) is 4.44. The lowest BCUT2D eigenvalue weighted by molar-refractivity contribution is -0.0258. The Kier molecular flexibility index (Phi) is 3.83. The van der Waals surface area contributed by atoms with E-state index in [4.69, 9.17) is 9.26 Å². The molecular weight excluding hydrogens is 292 g/mol. The topological polar surface area (TPSA) is 76.8 Å². The number of ether oxygens (including phenoxy) is 1. The number of fused-ring (bicyclic) bond motifs is 1. The summed E-state index contributed by atoms with van der Waals surface area (Å²) in [6.07, 6.45) is 5.97. The minimum atomic E-state index is 0.425. The molecule has 0 aliphatic heterocycles. The standard InChI is InChI=1S/C17H20N4O2/c1-2-22-14-5-12(6-14)9-17-19-16(21-23-17)8-11-3-4-13-10-18-20-15(13)7-11/h3-4,7,10,12,14H,2,5-6,8-9H2,1H3,(H,18,20). The van der Waals surface area contributed by atoms with E-state index in [1.807, 2.05) is 13.1 Å². The summed E-state index contributed by atoms with van der Waals surface area (Å²) in [4.78, 5) is 4.52. The summed E-state index contributed by atoms with van der Waals surface area (Å²) in [6, 6.07) is 6.21. The smallest absolute Gasteiger partial charge is 0.226 e. The predicted octanol–water partition coefficient (Wildman–Crippen LogP) is 2.89. The molecule has 4 rings (SSSR count). The Morgan fingerprint density at radius 2 is 2.26 bits per heavy atom. The van der Waals surface area contributed by atoms with Crippen molar-refractivity contribution in [3.05, 3.63) is 41.7 Å². The van der Waals surface area contributed by atoms with Gasteiger partial charge in [-0.1, -0.05) is 17.3 Å². The molecule has 2 heterocycles.